The zero-order valence-electron chi connectivity index (χ0n) is 10.6. The Hall–Kier alpha value is -1.65. The number of benzene rings is 2. The minimum absolute atomic E-state index is 0.0354. The Morgan fingerprint density at radius 1 is 1.30 bits per heavy atom. The number of Topliss-reactive ketones (excluding diaryl/α,β-unsaturated/α-hetero) is 1. The van der Waals surface area contributed by atoms with E-state index in [1.165, 1.54) is 6.92 Å². The number of aromatic amines is 1. The van der Waals surface area contributed by atoms with Crippen LogP contribution < -0.4 is 0 Å². The van der Waals surface area contributed by atoms with Crippen LogP contribution in [0.5, 0.6) is 0 Å². The molecule has 0 amide bonds. The Bertz CT molecular complexity index is 812. The maximum atomic E-state index is 11.9. The van der Waals surface area contributed by atoms with Crippen molar-refractivity contribution < 1.29 is 4.79 Å². The van der Waals surface area contributed by atoms with Crippen LogP contribution in [0.25, 0.3) is 22.0 Å². The summed E-state index contributed by atoms with van der Waals surface area (Å²) < 4.78 is 0.713. The molecule has 1 N–H and O–H groups in total. The Labute approximate surface area is 129 Å². The monoisotopic (exact) mass is 348 g/mol. The van der Waals surface area contributed by atoms with Gasteiger partial charge in [0.25, 0.3) is 0 Å². The quantitative estimate of drug-likeness (QED) is 0.672. The van der Waals surface area contributed by atoms with Crippen LogP contribution in [0.3, 0.4) is 0 Å². The first-order chi connectivity index (χ1) is 9.59. The molecule has 0 radical (unpaired) electrons. The van der Waals surface area contributed by atoms with E-state index in [2.05, 4.69) is 26.1 Å². The predicted molar refractivity (Wildman–Crippen MR) is 84.2 cm³/mol. The predicted octanol–water partition coefficient (Wildman–Crippen LogP) is 4.85. The van der Waals surface area contributed by atoms with Crippen molar-refractivity contribution in [2.24, 2.45) is 0 Å². The number of hydrogen-bond acceptors (Lipinski definition) is 2. The number of nitrogens with one attached hydrogen (secondary N) is 1. The second-order valence-corrected chi connectivity index (χ2v) is 5.66. The number of aromatic nitrogens is 2. The summed E-state index contributed by atoms with van der Waals surface area (Å²) in [5.41, 5.74) is 3.02. The lowest BCUT2D eigenvalue weighted by molar-refractivity contribution is 0.101. The SMILES string of the molecule is CC(=O)c1cc(Cl)c2c(Br)[nH]nc2c1-c1ccccc1. The second-order valence-electron chi connectivity index (χ2n) is 4.46. The first-order valence-corrected chi connectivity index (χ1v) is 7.19. The molecule has 0 bridgehead atoms. The summed E-state index contributed by atoms with van der Waals surface area (Å²) in [6.07, 6.45) is 0. The number of H-pyrrole nitrogens is 1. The van der Waals surface area contributed by atoms with Gasteiger partial charge in [-0.05, 0) is 34.5 Å². The normalized spacial score (nSPS) is 10.9. The number of carbonyl (C=O) groups excluding carboxylic acids is 1. The molecule has 0 aliphatic carbocycles. The van der Waals surface area contributed by atoms with Crippen LogP contribution in [0.2, 0.25) is 5.02 Å². The summed E-state index contributed by atoms with van der Waals surface area (Å²) in [7, 11) is 0. The number of nitrogens with zero attached hydrogens (tertiary/aromatic N) is 1. The highest BCUT2D eigenvalue weighted by Crippen LogP contribution is 2.38. The van der Waals surface area contributed by atoms with Gasteiger partial charge >= 0.3 is 0 Å². The summed E-state index contributed by atoms with van der Waals surface area (Å²) in [6.45, 7) is 1.53. The molecule has 2 aromatic carbocycles. The average Bonchev–Trinajstić information content (AvgIpc) is 2.82. The van der Waals surface area contributed by atoms with E-state index < -0.39 is 0 Å². The lowest BCUT2D eigenvalue weighted by atomic mass is 9.95. The van der Waals surface area contributed by atoms with Crippen LogP contribution in [0.4, 0.5) is 0 Å². The van der Waals surface area contributed by atoms with E-state index in [1.807, 2.05) is 30.3 Å². The molecule has 20 heavy (non-hydrogen) atoms. The Morgan fingerprint density at radius 3 is 2.65 bits per heavy atom. The zero-order valence-corrected chi connectivity index (χ0v) is 12.9. The highest BCUT2D eigenvalue weighted by molar-refractivity contribution is 9.10. The minimum Gasteiger partial charge on any atom is -0.294 e. The Kier molecular flexibility index (Phi) is 3.36. The summed E-state index contributed by atoms with van der Waals surface area (Å²) in [5.74, 6) is -0.0354. The van der Waals surface area contributed by atoms with Gasteiger partial charge in [0, 0.05) is 11.1 Å². The largest absolute Gasteiger partial charge is 0.294 e. The molecule has 3 aromatic rings. The number of halogens is 2. The van der Waals surface area contributed by atoms with Gasteiger partial charge in [-0.25, -0.2) is 0 Å². The molecule has 0 aliphatic rings. The van der Waals surface area contributed by atoms with Crippen molar-refractivity contribution in [1.82, 2.24) is 10.2 Å². The van der Waals surface area contributed by atoms with Crippen molar-refractivity contribution in [2.75, 3.05) is 0 Å². The maximum absolute atomic E-state index is 11.9. The van der Waals surface area contributed by atoms with Crippen LogP contribution in [0, 0.1) is 0 Å². The van der Waals surface area contributed by atoms with Crippen LogP contribution in [-0.2, 0) is 0 Å². The van der Waals surface area contributed by atoms with Crippen LogP contribution >= 0.6 is 27.5 Å². The van der Waals surface area contributed by atoms with E-state index >= 15 is 0 Å². The molecular weight excluding hydrogens is 340 g/mol. The van der Waals surface area contributed by atoms with Crippen LogP contribution in [0.15, 0.2) is 41.0 Å². The molecule has 0 saturated carbocycles. The standard InChI is InChI=1S/C15H10BrClN2O/c1-8(20)10-7-11(17)13-14(18-19-15(13)16)12(10)9-5-3-2-4-6-9/h2-7H,1H3,(H,18,19). The topological polar surface area (TPSA) is 45.8 Å². The fraction of sp³-hybridized carbons (Fsp3) is 0.0667. The summed E-state index contributed by atoms with van der Waals surface area (Å²) in [6, 6.07) is 11.4. The van der Waals surface area contributed by atoms with Crippen molar-refractivity contribution in [3.63, 3.8) is 0 Å². The van der Waals surface area contributed by atoms with Gasteiger partial charge in [0.2, 0.25) is 0 Å². The number of ketones is 1. The Balaban J connectivity index is 2.47. The fourth-order valence-corrected chi connectivity index (χ4v) is 3.19. The molecule has 5 heteroatoms. The molecule has 0 saturated heterocycles. The lowest BCUT2D eigenvalue weighted by Gasteiger charge is -2.09. The zero-order chi connectivity index (χ0) is 14.3. The first-order valence-electron chi connectivity index (χ1n) is 6.02. The highest BCUT2D eigenvalue weighted by atomic mass is 79.9. The number of hydrogen-bond donors (Lipinski definition) is 1. The minimum atomic E-state index is -0.0354. The number of fused-ring (bicyclic) bond motifs is 1. The van der Waals surface area contributed by atoms with Crippen molar-refractivity contribution in [3.05, 3.63) is 51.6 Å². The summed E-state index contributed by atoms with van der Waals surface area (Å²) in [4.78, 5) is 11.9. The maximum Gasteiger partial charge on any atom is 0.160 e. The van der Waals surface area contributed by atoms with E-state index in [9.17, 15) is 4.79 Å². The third-order valence-electron chi connectivity index (χ3n) is 3.18. The molecule has 0 spiro atoms. The lowest BCUT2D eigenvalue weighted by Crippen LogP contribution is -1.97. The molecule has 0 aliphatic heterocycles. The summed E-state index contributed by atoms with van der Waals surface area (Å²) in [5, 5.41) is 8.45. The molecule has 0 fully saturated rings. The van der Waals surface area contributed by atoms with Crippen molar-refractivity contribution >= 4 is 44.2 Å². The molecule has 3 rings (SSSR count). The van der Waals surface area contributed by atoms with Crippen LogP contribution in [-0.4, -0.2) is 16.0 Å². The summed E-state index contributed by atoms with van der Waals surface area (Å²) >= 11 is 9.67. The van der Waals surface area contributed by atoms with Gasteiger partial charge in [-0.1, -0.05) is 41.9 Å². The van der Waals surface area contributed by atoms with Gasteiger partial charge in [-0.2, -0.15) is 5.10 Å². The Morgan fingerprint density at radius 2 is 2.00 bits per heavy atom. The highest BCUT2D eigenvalue weighted by Gasteiger charge is 2.19. The van der Waals surface area contributed by atoms with Gasteiger partial charge in [0.1, 0.15) is 10.1 Å². The number of rotatable bonds is 2. The molecule has 3 nitrogen and oxygen atoms in total. The molecule has 1 aromatic heterocycles. The first kappa shape index (κ1) is 13.3. The second kappa shape index (κ2) is 5.04. The molecule has 100 valence electrons. The van der Waals surface area contributed by atoms with E-state index in [0.717, 1.165) is 16.5 Å². The van der Waals surface area contributed by atoms with Gasteiger partial charge in [-0.15, -0.1) is 0 Å². The van der Waals surface area contributed by atoms with Gasteiger partial charge in [0.15, 0.2) is 5.78 Å². The molecule has 0 unspecified atom stereocenters. The molecule has 0 atom stereocenters. The van der Waals surface area contributed by atoms with E-state index in [1.54, 1.807) is 6.07 Å². The fourth-order valence-electron chi connectivity index (χ4n) is 2.29. The van der Waals surface area contributed by atoms with Gasteiger partial charge in [-0.3, -0.25) is 9.89 Å². The van der Waals surface area contributed by atoms with Crippen molar-refractivity contribution in [2.45, 2.75) is 6.92 Å². The third kappa shape index (κ3) is 2.05. The molecular formula is C15H10BrClN2O. The average molecular weight is 350 g/mol. The van der Waals surface area contributed by atoms with Gasteiger partial charge < -0.3 is 0 Å². The molecule has 1 heterocycles. The van der Waals surface area contributed by atoms with E-state index in [4.69, 9.17) is 11.6 Å². The van der Waals surface area contributed by atoms with Gasteiger partial charge in [0.05, 0.1) is 10.4 Å². The van der Waals surface area contributed by atoms with Crippen molar-refractivity contribution in [1.29, 1.82) is 0 Å². The number of carbonyl (C=O) groups is 1. The van der Waals surface area contributed by atoms with E-state index in [0.29, 0.717) is 20.7 Å². The van der Waals surface area contributed by atoms with Crippen LogP contribution in [0.1, 0.15) is 17.3 Å². The third-order valence-corrected chi connectivity index (χ3v) is 4.05. The smallest absolute Gasteiger partial charge is 0.160 e. The van der Waals surface area contributed by atoms with Crippen molar-refractivity contribution in [3.8, 4) is 11.1 Å². The van der Waals surface area contributed by atoms with E-state index in [-0.39, 0.29) is 5.78 Å².